The van der Waals surface area contributed by atoms with E-state index in [0.29, 0.717) is 11.5 Å². The molecule has 1 aliphatic carbocycles. The molecule has 1 aromatic carbocycles. The van der Waals surface area contributed by atoms with E-state index in [2.05, 4.69) is 59.8 Å². The Morgan fingerprint density at radius 3 is 2.80 bits per heavy atom. The Balaban J connectivity index is 1.75. The summed E-state index contributed by atoms with van der Waals surface area (Å²) < 4.78 is 1.69. The molecule has 3 rings (SSSR count). The minimum Gasteiger partial charge on any atom is -0.382 e. The molecular weight excluding hydrogens is 250 g/mol. The average Bonchev–Trinajstić information content (AvgIpc) is 2.99. The number of tetrazole rings is 1. The first kappa shape index (κ1) is 13.1. The van der Waals surface area contributed by atoms with Crippen LogP contribution in [0, 0.1) is 12.3 Å². The predicted molar refractivity (Wildman–Crippen MR) is 78.9 cm³/mol. The second kappa shape index (κ2) is 4.89. The van der Waals surface area contributed by atoms with Gasteiger partial charge in [-0.1, -0.05) is 13.8 Å². The molecule has 1 unspecified atom stereocenters. The summed E-state index contributed by atoms with van der Waals surface area (Å²) in [6.07, 6.45) is 5.41. The number of aryl methyl sites for hydroxylation is 1. The van der Waals surface area contributed by atoms with Crippen molar-refractivity contribution in [3.63, 3.8) is 0 Å². The van der Waals surface area contributed by atoms with Gasteiger partial charge in [0.2, 0.25) is 0 Å². The number of hydrogen-bond donors (Lipinski definition) is 1. The van der Waals surface area contributed by atoms with Crippen molar-refractivity contribution in [3.8, 4) is 5.69 Å². The number of hydrogen-bond acceptors (Lipinski definition) is 4. The van der Waals surface area contributed by atoms with Crippen LogP contribution in [-0.4, -0.2) is 26.2 Å². The first-order chi connectivity index (χ1) is 9.53. The fourth-order valence-electron chi connectivity index (χ4n) is 3.07. The zero-order valence-electron chi connectivity index (χ0n) is 12.3. The second-order valence-corrected chi connectivity index (χ2v) is 6.50. The molecule has 1 aromatic heterocycles. The lowest BCUT2D eigenvalue weighted by Gasteiger charge is -2.19. The summed E-state index contributed by atoms with van der Waals surface area (Å²) in [5.74, 6) is 0. The number of anilines is 1. The Hall–Kier alpha value is -1.91. The molecule has 2 aromatic rings. The number of nitrogens with zero attached hydrogens (tertiary/aromatic N) is 4. The highest BCUT2D eigenvalue weighted by molar-refractivity contribution is 5.53. The first-order valence-electron chi connectivity index (χ1n) is 7.14. The molecule has 20 heavy (non-hydrogen) atoms. The molecule has 1 atom stereocenters. The molecule has 5 nitrogen and oxygen atoms in total. The lowest BCUT2D eigenvalue weighted by molar-refractivity contribution is 0.378. The number of rotatable bonds is 3. The third-order valence-electron chi connectivity index (χ3n) is 4.13. The van der Waals surface area contributed by atoms with E-state index >= 15 is 0 Å². The standard InChI is InChI=1S/C15H21N5/c1-11-8-12(17-13-6-7-15(2,3)9-13)4-5-14(11)20-10-16-18-19-20/h4-5,8,10,13,17H,6-7,9H2,1-3H3. The zero-order valence-corrected chi connectivity index (χ0v) is 12.3. The second-order valence-electron chi connectivity index (χ2n) is 6.50. The van der Waals surface area contributed by atoms with E-state index < -0.39 is 0 Å². The molecule has 0 amide bonds. The number of aromatic nitrogens is 4. The molecule has 0 radical (unpaired) electrons. The highest BCUT2D eigenvalue weighted by Gasteiger charge is 2.30. The van der Waals surface area contributed by atoms with Crippen molar-refractivity contribution >= 4 is 5.69 Å². The van der Waals surface area contributed by atoms with Crippen LogP contribution in [0.4, 0.5) is 5.69 Å². The molecular formula is C15H21N5. The molecule has 0 saturated heterocycles. The fourth-order valence-corrected chi connectivity index (χ4v) is 3.07. The Morgan fingerprint density at radius 1 is 1.35 bits per heavy atom. The SMILES string of the molecule is Cc1cc(NC2CCC(C)(C)C2)ccc1-n1cnnn1. The van der Waals surface area contributed by atoms with Crippen molar-refractivity contribution in [2.24, 2.45) is 5.41 Å². The maximum atomic E-state index is 3.93. The third kappa shape index (κ3) is 2.66. The molecule has 0 aliphatic heterocycles. The van der Waals surface area contributed by atoms with Crippen LogP contribution in [0.25, 0.3) is 5.69 Å². The van der Waals surface area contributed by atoms with Gasteiger partial charge in [0.1, 0.15) is 6.33 Å². The highest BCUT2D eigenvalue weighted by atomic mass is 15.5. The molecule has 1 aliphatic rings. The summed E-state index contributed by atoms with van der Waals surface area (Å²) in [4.78, 5) is 0. The van der Waals surface area contributed by atoms with Gasteiger partial charge in [-0.15, -0.1) is 5.10 Å². The van der Waals surface area contributed by atoms with Crippen LogP contribution >= 0.6 is 0 Å². The van der Waals surface area contributed by atoms with Gasteiger partial charge in [0.15, 0.2) is 0 Å². The topological polar surface area (TPSA) is 55.6 Å². The summed E-state index contributed by atoms with van der Waals surface area (Å²) in [5, 5.41) is 14.9. The summed E-state index contributed by atoms with van der Waals surface area (Å²) in [6.45, 7) is 6.78. The van der Waals surface area contributed by atoms with Crippen molar-refractivity contribution in [1.82, 2.24) is 20.2 Å². The minimum atomic E-state index is 0.471. The van der Waals surface area contributed by atoms with Crippen molar-refractivity contribution in [1.29, 1.82) is 0 Å². The van der Waals surface area contributed by atoms with E-state index in [-0.39, 0.29) is 0 Å². The lowest BCUT2D eigenvalue weighted by Crippen LogP contribution is -2.17. The van der Waals surface area contributed by atoms with E-state index in [1.165, 1.54) is 30.5 Å². The largest absolute Gasteiger partial charge is 0.382 e. The van der Waals surface area contributed by atoms with Crippen molar-refractivity contribution < 1.29 is 0 Å². The minimum absolute atomic E-state index is 0.471. The maximum absolute atomic E-state index is 3.93. The Morgan fingerprint density at radius 2 is 2.20 bits per heavy atom. The van der Waals surface area contributed by atoms with Gasteiger partial charge in [0.05, 0.1) is 5.69 Å². The monoisotopic (exact) mass is 271 g/mol. The molecule has 106 valence electrons. The quantitative estimate of drug-likeness (QED) is 0.932. The Bertz CT molecular complexity index is 588. The van der Waals surface area contributed by atoms with Crippen LogP contribution in [0.15, 0.2) is 24.5 Å². The van der Waals surface area contributed by atoms with Gasteiger partial charge in [-0.2, -0.15) is 0 Å². The first-order valence-corrected chi connectivity index (χ1v) is 7.14. The van der Waals surface area contributed by atoms with E-state index in [0.717, 1.165) is 5.69 Å². The molecule has 1 N–H and O–H groups in total. The van der Waals surface area contributed by atoms with Gasteiger partial charge in [0, 0.05) is 11.7 Å². The Labute approximate surface area is 119 Å². The van der Waals surface area contributed by atoms with Crippen LogP contribution in [0.2, 0.25) is 0 Å². The molecule has 0 bridgehead atoms. The van der Waals surface area contributed by atoms with Crippen LogP contribution < -0.4 is 5.32 Å². The van der Waals surface area contributed by atoms with Gasteiger partial charge < -0.3 is 5.32 Å². The highest BCUT2D eigenvalue weighted by Crippen LogP contribution is 2.38. The van der Waals surface area contributed by atoms with Gasteiger partial charge in [-0.3, -0.25) is 0 Å². The maximum Gasteiger partial charge on any atom is 0.143 e. The Kier molecular flexibility index (Phi) is 3.20. The summed E-state index contributed by atoms with van der Waals surface area (Å²) >= 11 is 0. The third-order valence-corrected chi connectivity index (χ3v) is 4.13. The van der Waals surface area contributed by atoms with Crippen molar-refractivity contribution in [3.05, 3.63) is 30.1 Å². The summed E-state index contributed by atoms with van der Waals surface area (Å²) in [6, 6.07) is 6.93. The number of benzene rings is 1. The van der Waals surface area contributed by atoms with Crippen LogP contribution in [0.5, 0.6) is 0 Å². The zero-order chi connectivity index (χ0) is 14.2. The van der Waals surface area contributed by atoms with E-state index in [1.807, 2.05) is 0 Å². The van der Waals surface area contributed by atoms with Gasteiger partial charge >= 0.3 is 0 Å². The molecule has 1 fully saturated rings. The summed E-state index contributed by atoms with van der Waals surface area (Å²) in [5.41, 5.74) is 3.84. The van der Waals surface area contributed by atoms with Crippen LogP contribution in [0.3, 0.4) is 0 Å². The van der Waals surface area contributed by atoms with Gasteiger partial charge in [-0.05, 0) is 65.8 Å². The van der Waals surface area contributed by atoms with Crippen molar-refractivity contribution in [2.75, 3.05) is 5.32 Å². The number of nitrogens with one attached hydrogen (secondary N) is 1. The molecule has 0 spiro atoms. The van der Waals surface area contributed by atoms with Gasteiger partial charge in [-0.25, -0.2) is 4.68 Å². The van der Waals surface area contributed by atoms with Crippen LogP contribution in [0.1, 0.15) is 38.7 Å². The van der Waals surface area contributed by atoms with E-state index in [9.17, 15) is 0 Å². The van der Waals surface area contributed by atoms with E-state index in [1.54, 1.807) is 11.0 Å². The predicted octanol–water partition coefficient (Wildman–Crippen LogP) is 2.96. The summed E-state index contributed by atoms with van der Waals surface area (Å²) in [7, 11) is 0. The molecule has 1 saturated carbocycles. The smallest absolute Gasteiger partial charge is 0.143 e. The fraction of sp³-hybridized carbons (Fsp3) is 0.533. The lowest BCUT2D eigenvalue weighted by atomic mass is 9.92. The van der Waals surface area contributed by atoms with Crippen LogP contribution in [-0.2, 0) is 0 Å². The molecule has 5 heteroatoms. The normalized spacial score (nSPS) is 21.1. The van der Waals surface area contributed by atoms with E-state index in [4.69, 9.17) is 0 Å². The van der Waals surface area contributed by atoms with Crippen molar-refractivity contribution in [2.45, 2.75) is 46.1 Å². The molecule has 1 heterocycles. The average molecular weight is 271 g/mol. The van der Waals surface area contributed by atoms with Gasteiger partial charge in [0.25, 0.3) is 0 Å².